The maximum atomic E-state index is 12.5. The Morgan fingerprint density at radius 1 is 1.30 bits per heavy atom. The van der Waals surface area contributed by atoms with E-state index in [-0.39, 0.29) is 18.4 Å². The van der Waals surface area contributed by atoms with Crippen molar-refractivity contribution < 1.29 is 14.3 Å². The summed E-state index contributed by atoms with van der Waals surface area (Å²) in [7, 11) is 1.69. The average Bonchev–Trinajstić information content (AvgIpc) is 2.80. The summed E-state index contributed by atoms with van der Waals surface area (Å²) >= 11 is 2.22. The summed E-state index contributed by atoms with van der Waals surface area (Å²) < 4.78 is 14.1. The lowest BCUT2D eigenvalue weighted by Gasteiger charge is -2.17. The average molecular weight is 427 g/mol. The molecular weight excluding hydrogens is 405 g/mol. The van der Waals surface area contributed by atoms with Crippen molar-refractivity contribution in [2.75, 3.05) is 20.3 Å². The number of Topliss-reactive ketones (excluding diaryl/α,β-unsaturated/α-hetero) is 1. The maximum absolute atomic E-state index is 12.5. The fourth-order valence-electron chi connectivity index (χ4n) is 2.84. The first-order valence-electron chi connectivity index (χ1n) is 7.53. The van der Waals surface area contributed by atoms with Gasteiger partial charge in [0.05, 0.1) is 12.6 Å². The van der Waals surface area contributed by atoms with Crippen molar-refractivity contribution in [1.29, 1.82) is 0 Å². The number of benzene rings is 1. The molecule has 0 aliphatic heterocycles. The number of nitrogens with zero attached hydrogens (tertiary/aromatic N) is 1. The van der Waals surface area contributed by atoms with E-state index in [2.05, 4.69) is 34.1 Å². The molecule has 2 aromatic rings. The van der Waals surface area contributed by atoms with Crippen LogP contribution in [0.4, 0.5) is 0 Å². The second-order valence-electron chi connectivity index (χ2n) is 5.63. The molecule has 0 radical (unpaired) electrons. The highest BCUT2D eigenvalue weighted by Crippen LogP contribution is 2.22. The van der Waals surface area contributed by atoms with E-state index >= 15 is 0 Å². The number of methoxy groups -OCH3 is 1. The Labute approximate surface area is 150 Å². The number of aromatic nitrogens is 1. The minimum absolute atomic E-state index is 0.00664. The number of hydrogen-bond donors (Lipinski definition) is 0. The second-order valence-corrected chi connectivity index (χ2v) is 6.87. The SMILES string of the molecule is COCC(C)n1c(C)cc(C(=O)COc2cccc(I)c2)c1C. The number of halogens is 1. The molecule has 1 atom stereocenters. The Morgan fingerprint density at radius 3 is 2.70 bits per heavy atom. The molecular formula is C18H22INO3. The van der Waals surface area contributed by atoms with Crippen molar-refractivity contribution in [2.45, 2.75) is 26.8 Å². The number of aryl methyl sites for hydroxylation is 1. The van der Waals surface area contributed by atoms with E-state index in [4.69, 9.17) is 9.47 Å². The summed E-state index contributed by atoms with van der Waals surface area (Å²) in [5, 5.41) is 0. The van der Waals surface area contributed by atoms with Crippen LogP contribution in [0.1, 0.15) is 34.7 Å². The van der Waals surface area contributed by atoms with Gasteiger partial charge in [-0.3, -0.25) is 4.79 Å². The normalized spacial score (nSPS) is 12.2. The third-order valence-corrected chi connectivity index (χ3v) is 4.47. The van der Waals surface area contributed by atoms with E-state index in [1.165, 1.54) is 0 Å². The summed E-state index contributed by atoms with van der Waals surface area (Å²) in [5.74, 6) is 0.708. The highest BCUT2D eigenvalue weighted by Gasteiger charge is 2.19. The van der Waals surface area contributed by atoms with Crippen LogP contribution >= 0.6 is 22.6 Å². The van der Waals surface area contributed by atoms with Crippen LogP contribution in [0.2, 0.25) is 0 Å². The van der Waals surface area contributed by atoms with Crippen LogP contribution in [-0.2, 0) is 4.74 Å². The fraction of sp³-hybridized carbons (Fsp3) is 0.389. The Kier molecular flexibility index (Phi) is 6.24. The van der Waals surface area contributed by atoms with Gasteiger partial charge in [-0.25, -0.2) is 0 Å². The summed E-state index contributed by atoms with van der Waals surface area (Å²) in [6.07, 6.45) is 0. The van der Waals surface area contributed by atoms with Crippen molar-refractivity contribution in [3.8, 4) is 5.75 Å². The number of rotatable bonds is 7. The van der Waals surface area contributed by atoms with Gasteiger partial charge in [-0.15, -0.1) is 0 Å². The predicted molar refractivity (Wildman–Crippen MR) is 99.5 cm³/mol. The van der Waals surface area contributed by atoms with Crippen LogP contribution in [0, 0.1) is 17.4 Å². The summed E-state index contributed by atoms with van der Waals surface area (Å²) in [5.41, 5.74) is 2.74. The minimum atomic E-state index is -0.00664. The molecule has 0 bridgehead atoms. The van der Waals surface area contributed by atoms with Crippen molar-refractivity contribution >= 4 is 28.4 Å². The van der Waals surface area contributed by atoms with Gasteiger partial charge in [-0.05, 0) is 67.6 Å². The molecule has 0 fully saturated rings. The number of hydrogen-bond acceptors (Lipinski definition) is 3. The van der Waals surface area contributed by atoms with Gasteiger partial charge in [0.15, 0.2) is 6.61 Å². The fourth-order valence-corrected chi connectivity index (χ4v) is 3.35. The zero-order chi connectivity index (χ0) is 17.0. The van der Waals surface area contributed by atoms with Gasteiger partial charge >= 0.3 is 0 Å². The smallest absolute Gasteiger partial charge is 0.202 e. The van der Waals surface area contributed by atoms with Crippen LogP contribution in [0.15, 0.2) is 30.3 Å². The molecule has 0 N–H and O–H groups in total. The first-order valence-corrected chi connectivity index (χ1v) is 8.60. The molecule has 1 aromatic carbocycles. The van der Waals surface area contributed by atoms with E-state index in [1.54, 1.807) is 7.11 Å². The molecule has 1 heterocycles. The van der Waals surface area contributed by atoms with Crippen molar-refractivity contribution in [3.05, 3.63) is 50.9 Å². The van der Waals surface area contributed by atoms with Crippen LogP contribution in [0.25, 0.3) is 0 Å². The van der Waals surface area contributed by atoms with Crippen LogP contribution in [0.5, 0.6) is 5.75 Å². The third kappa shape index (κ3) is 4.35. The van der Waals surface area contributed by atoms with Gasteiger partial charge in [-0.2, -0.15) is 0 Å². The van der Waals surface area contributed by atoms with Crippen molar-refractivity contribution in [1.82, 2.24) is 4.57 Å². The lowest BCUT2D eigenvalue weighted by Crippen LogP contribution is -2.16. The van der Waals surface area contributed by atoms with E-state index < -0.39 is 0 Å². The lowest BCUT2D eigenvalue weighted by atomic mass is 10.1. The largest absolute Gasteiger partial charge is 0.485 e. The van der Waals surface area contributed by atoms with Gasteiger partial charge < -0.3 is 14.0 Å². The van der Waals surface area contributed by atoms with Crippen LogP contribution in [-0.4, -0.2) is 30.7 Å². The molecule has 2 rings (SSSR count). The highest BCUT2D eigenvalue weighted by atomic mass is 127. The Morgan fingerprint density at radius 2 is 2.04 bits per heavy atom. The van der Waals surface area contributed by atoms with Gasteiger partial charge in [0.25, 0.3) is 0 Å². The van der Waals surface area contributed by atoms with Crippen LogP contribution in [0.3, 0.4) is 0 Å². The number of carbonyl (C=O) groups excluding carboxylic acids is 1. The zero-order valence-corrected chi connectivity index (χ0v) is 16.1. The minimum Gasteiger partial charge on any atom is -0.485 e. The molecule has 0 saturated carbocycles. The standard InChI is InChI=1S/C18H22INO3/c1-12-8-17(14(3)20(12)13(2)10-22-4)18(21)11-23-16-7-5-6-15(19)9-16/h5-9,13H,10-11H2,1-4H3. The van der Waals surface area contributed by atoms with Gasteiger partial charge in [-0.1, -0.05) is 6.07 Å². The molecule has 5 heteroatoms. The van der Waals surface area contributed by atoms with Crippen LogP contribution < -0.4 is 4.74 Å². The van der Waals surface area contributed by atoms with E-state index in [0.717, 1.165) is 20.5 Å². The highest BCUT2D eigenvalue weighted by molar-refractivity contribution is 14.1. The molecule has 1 unspecified atom stereocenters. The molecule has 4 nitrogen and oxygen atoms in total. The lowest BCUT2D eigenvalue weighted by molar-refractivity contribution is 0.0920. The zero-order valence-electron chi connectivity index (χ0n) is 13.9. The third-order valence-electron chi connectivity index (χ3n) is 3.80. The number of ether oxygens (including phenoxy) is 2. The quantitative estimate of drug-likeness (QED) is 0.492. The van der Waals surface area contributed by atoms with E-state index in [1.807, 2.05) is 44.2 Å². The van der Waals surface area contributed by atoms with Gasteiger partial charge in [0, 0.05) is 27.6 Å². The number of carbonyl (C=O) groups is 1. The first kappa shape index (κ1) is 18.0. The summed E-state index contributed by atoms with van der Waals surface area (Å²) in [4.78, 5) is 12.5. The van der Waals surface area contributed by atoms with Gasteiger partial charge in [0.2, 0.25) is 5.78 Å². The topological polar surface area (TPSA) is 40.5 Å². The van der Waals surface area contributed by atoms with E-state index in [0.29, 0.717) is 12.4 Å². The Hall–Kier alpha value is -1.34. The second kappa shape index (κ2) is 7.97. The van der Waals surface area contributed by atoms with Gasteiger partial charge in [0.1, 0.15) is 5.75 Å². The molecule has 0 saturated heterocycles. The van der Waals surface area contributed by atoms with Crippen molar-refractivity contribution in [3.63, 3.8) is 0 Å². The molecule has 0 aliphatic carbocycles. The van der Waals surface area contributed by atoms with E-state index in [9.17, 15) is 4.79 Å². The predicted octanol–water partition coefficient (Wildman–Crippen LogP) is 4.18. The molecule has 0 aliphatic rings. The molecule has 1 aromatic heterocycles. The molecule has 0 amide bonds. The number of ketones is 1. The first-order chi connectivity index (χ1) is 10.9. The monoisotopic (exact) mass is 427 g/mol. The Balaban J connectivity index is 2.12. The van der Waals surface area contributed by atoms with Crippen molar-refractivity contribution in [2.24, 2.45) is 0 Å². The summed E-state index contributed by atoms with van der Waals surface area (Å²) in [6, 6.07) is 9.80. The Bertz CT molecular complexity index is 694. The summed E-state index contributed by atoms with van der Waals surface area (Å²) in [6.45, 7) is 6.72. The molecule has 124 valence electrons. The molecule has 23 heavy (non-hydrogen) atoms. The maximum Gasteiger partial charge on any atom is 0.202 e. The molecule has 0 spiro atoms.